The summed E-state index contributed by atoms with van der Waals surface area (Å²) in [6, 6.07) is 2.51. The van der Waals surface area contributed by atoms with E-state index in [1.807, 2.05) is 0 Å². The van der Waals surface area contributed by atoms with Gasteiger partial charge in [-0.25, -0.2) is 13.2 Å². The second-order valence-corrected chi connectivity index (χ2v) is 6.30. The van der Waals surface area contributed by atoms with Crippen molar-refractivity contribution in [1.29, 1.82) is 0 Å². The van der Waals surface area contributed by atoms with Crippen molar-refractivity contribution < 1.29 is 28.2 Å². The number of benzene rings is 1. The van der Waals surface area contributed by atoms with E-state index in [4.69, 9.17) is 5.11 Å². The van der Waals surface area contributed by atoms with Crippen molar-refractivity contribution in [3.8, 4) is 5.75 Å². The summed E-state index contributed by atoms with van der Waals surface area (Å²) in [6.45, 7) is -0.459. The minimum absolute atomic E-state index is 0.0648. The molecule has 0 radical (unpaired) electrons. The molecular formula is C19H16F3N3O4. The molecule has 2 heterocycles. The quantitative estimate of drug-likeness (QED) is 0.593. The SMILES string of the molecule is Cn1c(=O)c(C(=O)NCCO)c(O)c2ncc(Cc3c(F)cc(F)cc3F)cc21. The Bertz CT molecular complexity index is 1150. The van der Waals surface area contributed by atoms with E-state index < -0.39 is 40.2 Å². The standard InChI is InChI=1S/C19H16F3N3O4/c1-25-14-5-9(4-11-12(21)6-10(20)7-13(11)22)8-24-16(14)17(27)15(19(25)29)18(28)23-2-3-26/h5-8,26-27H,2-4H2,1H3,(H,23,28). The molecule has 0 fully saturated rings. The Labute approximate surface area is 162 Å². The molecule has 1 amide bonds. The van der Waals surface area contributed by atoms with Crippen LogP contribution in [0.4, 0.5) is 13.2 Å². The summed E-state index contributed by atoms with van der Waals surface area (Å²) >= 11 is 0. The van der Waals surface area contributed by atoms with Crippen molar-refractivity contribution in [2.45, 2.75) is 6.42 Å². The molecule has 0 atom stereocenters. The minimum Gasteiger partial charge on any atom is -0.505 e. The predicted molar refractivity (Wildman–Crippen MR) is 97.2 cm³/mol. The van der Waals surface area contributed by atoms with E-state index in [9.17, 15) is 27.9 Å². The molecule has 152 valence electrons. The molecule has 0 unspecified atom stereocenters. The zero-order chi connectivity index (χ0) is 21.3. The molecule has 1 aromatic carbocycles. The van der Waals surface area contributed by atoms with Crippen LogP contribution in [-0.4, -0.2) is 38.8 Å². The van der Waals surface area contributed by atoms with Gasteiger partial charge in [-0.05, 0) is 11.6 Å². The molecule has 0 saturated heterocycles. The first-order chi connectivity index (χ1) is 13.7. The lowest BCUT2D eigenvalue weighted by Crippen LogP contribution is -2.34. The lowest BCUT2D eigenvalue weighted by molar-refractivity contribution is 0.0940. The molecule has 0 aliphatic carbocycles. The highest BCUT2D eigenvalue weighted by Crippen LogP contribution is 2.26. The number of rotatable bonds is 5. The molecule has 3 rings (SSSR count). The smallest absolute Gasteiger partial charge is 0.267 e. The summed E-state index contributed by atoms with van der Waals surface area (Å²) in [6.07, 6.45) is 0.957. The summed E-state index contributed by atoms with van der Waals surface area (Å²) < 4.78 is 41.9. The van der Waals surface area contributed by atoms with Crippen LogP contribution in [0.2, 0.25) is 0 Å². The Morgan fingerprint density at radius 2 is 1.86 bits per heavy atom. The number of nitrogens with one attached hydrogen (secondary N) is 1. The minimum atomic E-state index is -1.06. The lowest BCUT2D eigenvalue weighted by atomic mass is 10.0. The molecule has 0 bridgehead atoms. The van der Waals surface area contributed by atoms with E-state index in [0.29, 0.717) is 17.7 Å². The Morgan fingerprint density at radius 1 is 1.21 bits per heavy atom. The summed E-state index contributed by atoms with van der Waals surface area (Å²) in [5.74, 6) is -4.69. The normalized spacial score (nSPS) is 11.1. The molecule has 0 aliphatic rings. The molecule has 0 saturated carbocycles. The summed E-state index contributed by atoms with van der Waals surface area (Å²) in [5.41, 5.74) is -1.36. The molecule has 2 aromatic heterocycles. The van der Waals surface area contributed by atoms with E-state index in [1.54, 1.807) is 0 Å². The number of halogens is 3. The number of aryl methyl sites for hydroxylation is 1. The van der Waals surface area contributed by atoms with Gasteiger partial charge < -0.3 is 20.1 Å². The van der Waals surface area contributed by atoms with Gasteiger partial charge in [-0.3, -0.25) is 14.6 Å². The molecule has 29 heavy (non-hydrogen) atoms. The van der Waals surface area contributed by atoms with Crippen molar-refractivity contribution in [3.63, 3.8) is 0 Å². The Morgan fingerprint density at radius 3 is 2.48 bits per heavy atom. The van der Waals surface area contributed by atoms with Gasteiger partial charge in [-0.1, -0.05) is 0 Å². The molecule has 10 heteroatoms. The van der Waals surface area contributed by atoms with Crippen LogP contribution >= 0.6 is 0 Å². The van der Waals surface area contributed by atoms with Crippen LogP contribution in [0.25, 0.3) is 11.0 Å². The molecule has 3 aromatic rings. The average Bonchev–Trinajstić information content (AvgIpc) is 2.67. The van der Waals surface area contributed by atoms with Crippen LogP contribution in [0.1, 0.15) is 21.5 Å². The first-order valence-electron chi connectivity index (χ1n) is 8.47. The Hall–Kier alpha value is -3.40. The van der Waals surface area contributed by atoms with Gasteiger partial charge in [0.15, 0.2) is 5.75 Å². The fraction of sp³-hybridized carbons (Fsp3) is 0.211. The van der Waals surface area contributed by atoms with Crippen molar-refractivity contribution >= 4 is 16.9 Å². The van der Waals surface area contributed by atoms with Crippen molar-refractivity contribution in [3.05, 3.63) is 68.9 Å². The fourth-order valence-corrected chi connectivity index (χ4v) is 2.93. The number of hydrogen-bond donors (Lipinski definition) is 3. The van der Waals surface area contributed by atoms with Gasteiger partial charge in [0, 0.05) is 43.9 Å². The summed E-state index contributed by atoms with van der Waals surface area (Å²) in [7, 11) is 1.34. The first-order valence-corrected chi connectivity index (χ1v) is 8.47. The number of aromatic hydroxyl groups is 1. The average molecular weight is 407 g/mol. The van der Waals surface area contributed by atoms with E-state index >= 15 is 0 Å². The third-order valence-electron chi connectivity index (χ3n) is 4.38. The zero-order valence-electron chi connectivity index (χ0n) is 15.2. The van der Waals surface area contributed by atoms with Gasteiger partial charge in [-0.15, -0.1) is 0 Å². The van der Waals surface area contributed by atoms with Crippen molar-refractivity contribution in [1.82, 2.24) is 14.9 Å². The number of carbonyl (C=O) groups excluding carboxylic acids is 1. The zero-order valence-corrected chi connectivity index (χ0v) is 15.2. The van der Waals surface area contributed by atoms with E-state index in [-0.39, 0.29) is 36.2 Å². The number of amides is 1. The monoisotopic (exact) mass is 407 g/mol. The van der Waals surface area contributed by atoms with Gasteiger partial charge in [0.25, 0.3) is 11.5 Å². The molecule has 7 nitrogen and oxygen atoms in total. The molecule has 0 aliphatic heterocycles. The second kappa shape index (κ2) is 7.92. The van der Waals surface area contributed by atoms with Gasteiger partial charge >= 0.3 is 0 Å². The number of aliphatic hydroxyl groups is 1. The highest BCUT2D eigenvalue weighted by Gasteiger charge is 2.22. The number of fused-ring (bicyclic) bond motifs is 1. The maximum atomic E-state index is 13.9. The van der Waals surface area contributed by atoms with E-state index in [1.165, 1.54) is 19.3 Å². The van der Waals surface area contributed by atoms with Crippen LogP contribution in [0.3, 0.4) is 0 Å². The fourth-order valence-electron chi connectivity index (χ4n) is 2.93. The highest BCUT2D eigenvalue weighted by atomic mass is 19.1. The van der Waals surface area contributed by atoms with Crippen molar-refractivity contribution in [2.75, 3.05) is 13.2 Å². The largest absolute Gasteiger partial charge is 0.505 e. The van der Waals surface area contributed by atoms with Crippen LogP contribution in [-0.2, 0) is 13.5 Å². The van der Waals surface area contributed by atoms with E-state index in [0.717, 1.165) is 4.57 Å². The number of carbonyl (C=O) groups is 1. The topological polar surface area (TPSA) is 104 Å². The maximum Gasteiger partial charge on any atom is 0.267 e. The number of pyridine rings is 2. The van der Waals surface area contributed by atoms with Crippen LogP contribution in [0, 0.1) is 17.5 Å². The second-order valence-electron chi connectivity index (χ2n) is 6.30. The summed E-state index contributed by atoms with van der Waals surface area (Å²) in [4.78, 5) is 28.6. The maximum absolute atomic E-state index is 13.9. The third kappa shape index (κ3) is 3.79. The number of aromatic nitrogens is 2. The van der Waals surface area contributed by atoms with Gasteiger partial charge in [0.05, 0.1) is 12.1 Å². The number of nitrogens with zero attached hydrogens (tertiary/aromatic N) is 2. The number of aliphatic hydroxyl groups excluding tert-OH is 1. The predicted octanol–water partition coefficient (Wildman–Crippen LogP) is 1.37. The summed E-state index contributed by atoms with van der Waals surface area (Å²) in [5, 5.41) is 21.4. The van der Waals surface area contributed by atoms with Gasteiger partial charge in [0.2, 0.25) is 0 Å². The molecule has 3 N–H and O–H groups in total. The van der Waals surface area contributed by atoms with Crippen LogP contribution in [0.5, 0.6) is 5.75 Å². The van der Waals surface area contributed by atoms with Gasteiger partial charge in [0.1, 0.15) is 28.5 Å². The third-order valence-corrected chi connectivity index (χ3v) is 4.38. The number of hydrogen-bond acceptors (Lipinski definition) is 5. The van der Waals surface area contributed by atoms with Gasteiger partial charge in [-0.2, -0.15) is 0 Å². The Kier molecular flexibility index (Phi) is 5.55. The first kappa shape index (κ1) is 20.3. The molecule has 0 spiro atoms. The van der Waals surface area contributed by atoms with Crippen LogP contribution in [0.15, 0.2) is 29.2 Å². The highest BCUT2D eigenvalue weighted by molar-refractivity contribution is 6.01. The lowest BCUT2D eigenvalue weighted by Gasteiger charge is -2.12. The Balaban J connectivity index is 2.09. The van der Waals surface area contributed by atoms with Crippen molar-refractivity contribution in [2.24, 2.45) is 7.05 Å². The van der Waals surface area contributed by atoms with Crippen LogP contribution < -0.4 is 10.9 Å². The molecular weight excluding hydrogens is 391 g/mol. The van der Waals surface area contributed by atoms with E-state index in [2.05, 4.69) is 10.3 Å².